The summed E-state index contributed by atoms with van der Waals surface area (Å²) < 4.78 is 43.6. The Labute approximate surface area is 179 Å². The molecule has 1 amide bonds. The Balaban J connectivity index is 1.55. The fraction of sp³-hybridized carbons (Fsp3) is 0.667. The van der Waals surface area contributed by atoms with Crippen LogP contribution in [-0.4, -0.2) is 55.7 Å². The molecule has 1 fully saturated rings. The zero-order valence-corrected chi connectivity index (χ0v) is 18.3. The molecule has 31 heavy (non-hydrogen) atoms. The third-order valence-corrected chi connectivity index (χ3v) is 6.59. The van der Waals surface area contributed by atoms with E-state index >= 15 is 0 Å². The first-order valence-corrected chi connectivity index (χ1v) is 10.9. The molecule has 1 N–H and O–H groups in total. The van der Waals surface area contributed by atoms with Crippen molar-refractivity contribution in [2.24, 2.45) is 7.05 Å². The average molecular weight is 438 g/mol. The number of fused-ring (bicyclic) bond motifs is 1. The molecule has 10 heteroatoms. The van der Waals surface area contributed by atoms with E-state index in [0.29, 0.717) is 43.1 Å². The first kappa shape index (κ1) is 21.7. The lowest BCUT2D eigenvalue weighted by atomic mass is 10.0. The Hall–Kier alpha value is -2.52. The summed E-state index contributed by atoms with van der Waals surface area (Å²) in [5.74, 6) is 0.239. The van der Waals surface area contributed by atoms with Gasteiger partial charge in [-0.05, 0) is 32.6 Å². The first-order chi connectivity index (χ1) is 14.6. The van der Waals surface area contributed by atoms with Crippen LogP contribution in [0.5, 0.6) is 0 Å². The number of carbonyl (C=O) groups excluding carboxylic acids is 1. The van der Waals surface area contributed by atoms with E-state index in [9.17, 15) is 18.0 Å². The third kappa shape index (κ3) is 3.80. The number of hydrogen-bond donors (Lipinski definition) is 1. The van der Waals surface area contributed by atoms with Gasteiger partial charge < -0.3 is 10.2 Å². The largest absolute Gasteiger partial charge is 0.410 e. The van der Waals surface area contributed by atoms with Crippen LogP contribution in [0.25, 0.3) is 0 Å². The summed E-state index contributed by atoms with van der Waals surface area (Å²) in [7, 11) is 1.77. The van der Waals surface area contributed by atoms with E-state index in [0.717, 1.165) is 22.4 Å². The second kappa shape index (κ2) is 7.87. The van der Waals surface area contributed by atoms with Gasteiger partial charge in [0, 0.05) is 43.7 Å². The fourth-order valence-electron chi connectivity index (χ4n) is 4.79. The first-order valence-electron chi connectivity index (χ1n) is 10.9. The molecule has 7 nitrogen and oxygen atoms in total. The molecule has 0 bridgehead atoms. The van der Waals surface area contributed by atoms with Crippen molar-refractivity contribution in [1.29, 1.82) is 0 Å². The molecule has 2 aliphatic heterocycles. The Kier molecular flexibility index (Phi) is 5.51. The van der Waals surface area contributed by atoms with Crippen molar-refractivity contribution in [2.45, 2.75) is 70.6 Å². The lowest BCUT2D eigenvalue weighted by molar-refractivity contribution is -0.173. The number of hydrogen-bond acceptors (Lipinski definition) is 4. The number of alkyl halides is 3. The van der Waals surface area contributed by atoms with Gasteiger partial charge in [-0.25, -0.2) is 4.68 Å². The minimum Gasteiger partial charge on any atom is -0.367 e. The molecule has 170 valence electrons. The third-order valence-electron chi connectivity index (χ3n) is 6.59. The van der Waals surface area contributed by atoms with Gasteiger partial charge in [-0.3, -0.25) is 9.48 Å². The summed E-state index contributed by atoms with van der Waals surface area (Å²) in [5.41, 5.74) is 2.97. The molecule has 2 aromatic heterocycles. The molecule has 2 aromatic rings. The van der Waals surface area contributed by atoms with Crippen molar-refractivity contribution in [3.05, 3.63) is 28.7 Å². The highest BCUT2D eigenvalue weighted by atomic mass is 19.4. The van der Waals surface area contributed by atoms with Crippen LogP contribution in [0.3, 0.4) is 0 Å². The maximum Gasteiger partial charge on any atom is 0.410 e. The van der Waals surface area contributed by atoms with Crippen molar-refractivity contribution in [3.63, 3.8) is 0 Å². The van der Waals surface area contributed by atoms with Gasteiger partial charge in [-0.1, -0.05) is 13.8 Å². The molecule has 0 aromatic carbocycles. The van der Waals surface area contributed by atoms with Gasteiger partial charge in [0.1, 0.15) is 11.5 Å². The van der Waals surface area contributed by atoms with Crippen LogP contribution in [-0.2, 0) is 13.5 Å². The Morgan fingerprint density at radius 3 is 2.65 bits per heavy atom. The van der Waals surface area contributed by atoms with Crippen molar-refractivity contribution in [1.82, 2.24) is 24.5 Å². The molecule has 0 saturated carbocycles. The molecule has 3 atom stereocenters. The number of likely N-dealkylation sites (tertiary alicyclic amines) is 1. The Morgan fingerprint density at radius 1 is 1.29 bits per heavy atom. The van der Waals surface area contributed by atoms with Gasteiger partial charge in [-0.15, -0.1) is 0 Å². The van der Waals surface area contributed by atoms with Crippen molar-refractivity contribution >= 4 is 11.7 Å². The molecular weight excluding hydrogens is 409 g/mol. The summed E-state index contributed by atoms with van der Waals surface area (Å²) >= 11 is 0. The van der Waals surface area contributed by atoms with Gasteiger partial charge >= 0.3 is 6.18 Å². The van der Waals surface area contributed by atoms with Gasteiger partial charge in [0.15, 0.2) is 6.04 Å². The number of halogens is 3. The summed E-state index contributed by atoms with van der Waals surface area (Å²) in [6, 6.07) is -0.124. The van der Waals surface area contributed by atoms with Crippen LogP contribution >= 0.6 is 0 Å². The van der Waals surface area contributed by atoms with E-state index in [4.69, 9.17) is 0 Å². The second-order valence-electron chi connectivity index (χ2n) is 8.58. The topological polar surface area (TPSA) is 68.0 Å². The number of anilines is 1. The maximum absolute atomic E-state index is 13.6. The fourth-order valence-corrected chi connectivity index (χ4v) is 4.79. The van der Waals surface area contributed by atoms with E-state index in [2.05, 4.69) is 15.5 Å². The average Bonchev–Trinajstić information content (AvgIpc) is 3.42. The number of amides is 1. The summed E-state index contributed by atoms with van der Waals surface area (Å²) in [5, 5.41) is 12.0. The standard InChI is InChI=1S/C21H29F3N6O/c1-5-14-9-17(21(22,23)24)30-18(25-14)10-16(27-30)13-7-8-29(11-13)20(31)19-12(3)15(6-2)26-28(19)4/h10,13-14,17,25H,5-9,11H2,1-4H3/t13-,14+,17+/m0/s1. The van der Waals surface area contributed by atoms with E-state index in [1.165, 1.54) is 0 Å². The smallest absolute Gasteiger partial charge is 0.367 e. The van der Waals surface area contributed by atoms with E-state index < -0.39 is 12.2 Å². The summed E-state index contributed by atoms with van der Waals surface area (Å²) in [4.78, 5) is 14.9. The normalized spacial score (nSPS) is 23.7. The quantitative estimate of drug-likeness (QED) is 0.788. The molecule has 0 radical (unpaired) electrons. The molecule has 2 aliphatic rings. The molecular formula is C21H29F3N6O. The number of aromatic nitrogens is 4. The molecule has 1 saturated heterocycles. The Bertz CT molecular complexity index is 979. The highest BCUT2D eigenvalue weighted by molar-refractivity contribution is 5.94. The maximum atomic E-state index is 13.6. The van der Waals surface area contributed by atoms with E-state index in [1.54, 1.807) is 22.7 Å². The van der Waals surface area contributed by atoms with E-state index in [-0.39, 0.29) is 24.3 Å². The SMILES string of the molecule is CCc1nn(C)c(C(=O)N2CC[C@H](c3cc4n(n3)[C@@H](C(F)(F)F)C[C@@H](CC)N4)C2)c1C. The van der Waals surface area contributed by atoms with Gasteiger partial charge in [0.25, 0.3) is 5.91 Å². The molecule has 4 heterocycles. The van der Waals surface area contributed by atoms with Crippen LogP contribution in [0.4, 0.5) is 19.0 Å². The molecule has 0 spiro atoms. The van der Waals surface area contributed by atoms with Gasteiger partial charge in [0.05, 0.1) is 11.4 Å². The predicted octanol–water partition coefficient (Wildman–Crippen LogP) is 3.81. The second-order valence-corrected chi connectivity index (χ2v) is 8.58. The van der Waals surface area contributed by atoms with Crippen LogP contribution in [0, 0.1) is 6.92 Å². The number of nitrogens with one attached hydrogen (secondary N) is 1. The lowest BCUT2D eigenvalue weighted by Crippen LogP contribution is -2.38. The number of aryl methyl sites for hydroxylation is 2. The number of carbonyl (C=O) groups is 1. The summed E-state index contributed by atoms with van der Waals surface area (Å²) in [6.07, 6.45) is -2.33. The molecule has 0 unspecified atom stereocenters. The zero-order valence-electron chi connectivity index (χ0n) is 18.3. The highest BCUT2D eigenvalue weighted by Crippen LogP contribution is 2.41. The van der Waals surface area contributed by atoms with Crippen LogP contribution < -0.4 is 5.32 Å². The Morgan fingerprint density at radius 2 is 2.03 bits per heavy atom. The minimum atomic E-state index is -4.35. The van der Waals surface area contributed by atoms with Crippen molar-refractivity contribution in [2.75, 3.05) is 18.4 Å². The zero-order chi connectivity index (χ0) is 22.5. The molecule has 0 aliphatic carbocycles. The van der Waals surface area contributed by atoms with E-state index in [1.807, 2.05) is 20.8 Å². The van der Waals surface area contributed by atoms with Gasteiger partial charge in [-0.2, -0.15) is 23.4 Å². The number of rotatable bonds is 4. The lowest BCUT2D eigenvalue weighted by Gasteiger charge is -2.32. The highest BCUT2D eigenvalue weighted by Gasteiger charge is 2.46. The van der Waals surface area contributed by atoms with Crippen LogP contribution in [0.2, 0.25) is 0 Å². The minimum absolute atomic E-state index is 0.0249. The summed E-state index contributed by atoms with van der Waals surface area (Å²) in [6.45, 7) is 6.77. The van der Waals surface area contributed by atoms with Crippen LogP contribution in [0.15, 0.2) is 6.07 Å². The number of nitrogens with zero attached hydrogens (tertiary/aromatic N) is 5. The van der Waals surface area contributed by atoms with Gasteiger partial charge in [0.2, 0.25) is 0 Å². The van der Waals surface area contributed by atoms with Crippen molar-refractivity contribution < 1.29 is 18.0 Å². The van der Waals surface area contributed by atoms with Crippen molar-refractivity contribution in [3.8, 4) is 0 Å². The predicted molar refractivity (Wildman–Crippen MR) is 110 cm³/mol. The van der Waals surface area contributed by atoms with Crippen LogP contribution in [0.1, 0.15) is 72.5 Å². The molecule has 4 rings (SSSR count). The monoisotopic (exact) mass is 438 g/mol.